The number of aromatic nitrogens is 2. The minimum atomic E-state index is -0.142. The van der Waals surface area contributed by atoms with Crippen molar-refractivity contribution in [2.45, 2.75) is 63.3 Å². The van der Waals surface area contributed by atoms with E-state index in [0.717, 1.165) is 46.7 Å². The maximum absolute atomic E-state index is 13.1. The number of nitrogens with zero attached hydrogens (tertiary/aromatic N) is 4. The molecule has 0 atom stereocenters. The third kappa shape index (κ3) is 4.40. The first-order valence-electron chi connectivity index (χ1n) is 12.3. The zero-order chi connectivity index (χ0) is 22.2. The van der Waals surface area contributed by atoms with Gasteiger partial charge in [0.15, 0.2) is 0 Å². The number of hydrazine groups is 1. The van der Waals surface area contributed by atoms with E-state index in [1.54, 1.807) is 24.9 Å². The van der Waals surface area contributed by atoms with Gasteiger partial charge in [0.1, 0.15) is 10.9 Å². The summed E-state index contributed by atoms with van der Waals surface area (Å²) in [6.45, 7) is 6.28. The fraction of sp³-hybridized carbons (Fsp3) is 0.750. The third-order valence-corrected chi connectivity index (χ3v) is 9.17. The Labute approximate surface area is 195 Å². The zero-order valence-corrected chi connectivity index (χ0v) is 20.1. The van der Waals surface area contributed by atoms with Gasteiger partial charge in [0.05, 0.1) is 5.56 Å². The normalized spacial score (nSPS) is 31.7. The van der Waals surface area contributed by atoms with Crippen LogP contribution >= 0.6 is 11.8 Å². The summed E-state index contributed by atoms with van der Waals surface area (Å²) in [5.74, 6) is 5.65. The van der Waals surface area contributed by atoms with E-state index in [4.69, 9.17) is 9.97 Å². The summed E-state index contributed by atoms with van der Waals surface area (Å²) in [7, 11) is 0. The van der Waals surface area contributed by atoms with Gasteiger partial charge in [-0.05, 0) is 67.9 Å². The van der Waals surface area contributed by atoms with Gasteiger partial charge in [0.25, 0.3) is 5.91 Å². The van der Waals surface area contributed by atoms with Crippen molar-refractivity contribution in [2.75, 3.05) is 31.9 Å². The summed E-state index contributed by atoms with van der Waals surface area (Å²) in [6, 6.07) is 0. The van der Waals surface area contributed by atoms with Gasteiger partial charge < -0.3 is 4.90 Å². The van der Waals surface area contributed by atoms with Crippen molar-refractivity contribution in [3.8, 4) is 0 Å². The molecule has 1 aromatic rings. The number of carbonyl (C=O) groups excluding carboxylic acids is 2. The van der Waals surface area contributed by atoms with Crippen LogP contribution < -0.4 is 5.43 Å². The number of nitrogens with one attached hydrogen (secondary N) is 1. The number of hydrogen-bond acceptors (Lipinski definition) is 6. The van der Waals surface area contributed by atoms with Gasteiger partial charge in [0, 0.05) is 45.2 Å². The van der Waals surface area contributed by atoms with E-state index in [2.05, 4.69) is 12.3 Å². The van der Waals surface area contributed by atoms with Gasteiger partial charge in [-0.3, -0.25) is 15.0 Å². The first-order valence-corrected chi connectivity index (χ1v) is 13.3. The van der Waals surface area contributed by atoms with Gasteiger partial charge in [0.2, 0.25) is 5.91 Å². The van der Waals surface area contributed by atoms with E-state index < -0.39 is 0 Å². The second-order valence-corrected chi connectivity index (χ2v) is 11.3. The van der Waals surface area contributed by atoms with Crippen molar-refractivity contribution in [3.05, 3.63) is 17.6 Å². The van der Waals surface area contributed by atoms with Crippen molar-refractivity contribution in [2.24, 2.45) is 23.7 Å². The van der Waals surface area contributed by atoms with Crippen molar-refractivity contribution < 1.29 is 9.59 Å². The molecule has 8 heteroatoms. The van der Waals surface area contributed by atoms with Crippen LogP contribution in [0.15, 0.2) is 11.2 Å². The predicted octanol–water partition coefficient (Wildman–Crippen LogP) is 3.33. The number of amides is 2. The number of piperazine rings is 1. The average molecular weight is 458 g/mol. The van der Waals surface area contributed by atoms with Gasteiger partial charge >= 0.3 is 0 Å². The molecule has 32 heavy (non-hydrogen) atoms. The molecule has 2 heterocycles. The molecule has 6 rings (SSSR count). The monoisotopic (exact) mass is 457 g/mol. The minimum absolute atomic E-state index is 0.0861. The molecule has 0 aromatic carbocycles. The standard InChI is InChI=1S/C24H35N5O2S/c1-3-8-32-24-20(23(31)27-29-6-4-28(5-7-29)15(2)30)14-25-22(26-24)21-18-10-16-9-17(12-18)13-19(21)11-16/h14,16-19,21H,3-13H2,1-2H3,(H,27,31). The molecule has 7 nitrogen and oxygen atoms in total. The zero-order valence-electron chi connectivity index (χ0n) is 19.3. The molecule has 4 aliphatic carbocycles. The maximum atomic E-state index is 13.1. The quantitative estimate of drug-likeness (QED) is 0.522. The molecule has 2 amide bonds. The lowest BCUT2D eigenvalue weighted by Crippen LogP contribution is -2.54. The van der Waals surface area contributed by atoms with Gasteiger partial charge in [-0.25, -0.2) is 15.0 Å². The fourth-order valence-corrected chi connectivity index (χ4v) is 7.54. The average Bonchev–Trinajstić information content (AvgIpc) is 2.77. The summed E-state index contributed by atoms with van der Waals surface area (Å²) >= 11 is 1.67. The molecule has 0 unspecified atom stereocenters. The van der Waals surface area contributed by atoms with E-state index in [0.29, 0.717) is 37.7 Å². The maximum Gasteiger partial charge on any atom is 0.269 e. The highest BCUT2D eigenvalue weighted by molar-refractivity contribution is 7.99. The molecule has 0 radical (unpaired) electrons. The lowest BCUT2D eigenvalue weighted by Gasteiger charge is -2.53. The Balaban J connectivity index is 1.31. The second-order valence-electron chi connectivity index (χ2n) is 10.2. The van der Waals surface area contributed by atoms with E-state index in [-0.39, 0.29) is 11.8 Å². The van der Waals surface area contributed by atoms with Crippen LogP contribution in [0.1, 0.15) is 74.5 Å². The molecule has 4 saturated carbocycles. The van der Waals surface area contributed by atoms with E-state index in [9.17, 15) is 9.59 Å². The Morgan fingerprint density at radius 2 is 1.72 bits per heavy atom. The van der Waals surface area contributed by atoms with Crippen LogP contribution in [0.3, 0.4) is 0 Å². The van der Waals surface area contributed by atoms with Crippen molar-refractivity contribution >= 4 is 23.6 Å². The van der Waals surface area contributed by atoms with Crippen LogP contribution in [-0.4, -0.2) is 63.6 Å². The Morgan fingerprint density at radius 3 is 2.31 bits per heavy atom. The minimum Gasteiger partial charge on any atom is -0.340 e. The summed E-state index contributed by atoms with van der Waals surface area (Å²) in [4.78, 5) is 36.3. The highest BCUT2D eigenvalue weighted by Crippen LogP contribution is 2.59. The molecule has 5 fully saturated rings. The molecule has 1 saturated heterocycles. The molecule has 1 aromatic heterocycles. The fourth-order valence-electron chi connectivity index (χ4n) is 6.69. The highest BCUT2D eigenvalue weighted by atomic mass is 32.2. The van der Waals surface area contributed by atoms with Gasteiger partial charge in [-0.2, -0.15) is 0 Å². The van der Waals surface area contributed by atoms with Crippen LogP contribution in [0.2, 0.25) is 0 Å². The third-order valence-electron chi connectivity index (χ3n) is 7.97. The van der Waals surface area contributed by atoms with Crippen molar-refractivity contribution in [1.82, 2.24) is 25.3 Å². The summed E-state index contributed by atoms with van der Waals surface area (Å²) in [6.07, 6.45) is 9.61. The molecule has 1 aliphatic heterocycles. The van der Waals surface area contributed by atoms with E-state index in [1.165, 1.54) is 32.1 Å². The van der Waals surface area contributed by atoms with E-state index >= 15 is 0 Å². The first-order chi connectivity index (χ1) is 15.5. The second kappa shape index (κ2) is 9.29. The van der Waals surface area contributed by atoms with E-state index in [1.807, 2.05) is 9.91 Å². The van der Waals surface area contributed by atoms with Crippen LogP contribution in [0.25, 0.3) is 0 Å². The van der Waals surface area contributed by atoms with Gasteiger partial charge in [-0.15, -0.1) is 11.8 Å². The predicted molar refractivity (Wildman–Crippen MR) is 124 cm³/mol. The summed E-state index contributed by atoms with van der Waals surface area (Å²) in [5, 5.41) is 2.73. The number of thioether (sulfide) groups is 1. The van der Waals surface area contributed by atoms with Crippen LogP contribution in [0.5, 0.6) is 0 Å². The Hall–Kier alpha value is -1.67. The van der Waals surface area contributed by atoms with Crippen LogP contribution in [-0.2, 0) is 4.79 Å². The first kappa shape index (κ1) is 22.1. The number of carbonyl (C=O) groups is 2. The molecular formula is C24H35N5O2S. The van der Waals surface area contributed by atoms with Gasteiger partial charge in [-0.1, -0.05) is 6.92 Å². The Morgan fingerprint density at radius 1 is 1.06 bits per heavy atom. The summed E-state index contributed by atoms with van der Waals surface area (Å²) < 4.78 is 0. The Kier molecular flexibility index (Phi) is 6.43. The smallest absolute Gasteiger partial charge is 0.269 e. The largest absolute Gasteiger partial charge is 0.340 e. The van der Waals surface area contributed by atoms with Crippen LogP contribution in [0, 0.1) is 23.7 Å². The topological polar surface area (TPSA) is 78.4 Å². The molecule has 174 valence electrons. The van der Waals surface area contributed by atoms with Crippen molar-refractivity contribution in [1.29, 1.82) is 0 Å². The lowest BCUT2D eigenvalue weighted by atomic mass is 9.51. The highest BCUT2D eigenvalue weighted by Gasteiger charge is 2.49. The molecular weight excluding hydrogens is 422 g/mol. The summed E-state index contributed by atoms with van der Waals surface area (Å²) in [5.41, 5.74) is 3.60. The molecule has 1 N–H and O–H groups in total. The van der Waals surface area contributed by atoms with Crippen LogP contribution in [0.4, 0.5) is 0 Å². The van der Waals surface area contributed by atoms with Crippen molar-refractivity contribution in [3.63, 3.8) is 0 Å². The SMILES string of the molecule is CCCSc1nc(C2C3CC4CC(C3)CC2C4)ncc1C(=O)NN1CCN(C(C)=O)CC1. The molecule has 5 aliphatic rings. The number of rotatable bonds is 6. The molecule has 0 spiro atoms. The molecule has 4 bridgehead atoms. The lowest BCUT2D eigenvalue weighted by molar-refractivity contribution is -0.130. The Bertz CT molecular complexity index is 842. The number of hydrogen-bond donors (Lipinski definition) is 1.